The molecule has 0 aromatic heterocycles. The summed E-state index contributed by atoms with van der Waals surface area (Å²) in [6.07, 6.45) is 0.729. The molecule has 3 nitrogen and oxygen atoms in total. The second kappa shape index (κ2) is 3.99. The van der Waals surface area contributed by atoms with Crippen molar-refractivity contribution in [2.75, 3.05) is 23.7 Å². The molecule has 3 N–H and O–H groups in total. The average Bonchev–Trinajstić information content (AvgIpc) is 2.52. The second-order valence-electron chi connectivity index (χ2n) is 4.49. The van der Waals surface area contributed by atoms with Crippen molar-refractivity contribution in [3.8, 4) is 0 Å². The zero-order chi connectivity index (χ0) is 11.9. The minimum Gasteiger partial charge on any atom is -0.397 e. The lowest BCUT2D eigenvalue weighted by Gasteiger charge is -2.22. The molecule has 1 atom stereocenters. The lowest BCUT2D eigenvalue weighted by Crippen LogP contribution is -2.29. The number of halogens is 2. The van der Waals surface area contributed by atoms with E-state index in [1.807, 2.05) is 11.8 Å². The highest BCUT2D eigenvalue weighted by Crippen LogP contribution is 2.36. The van der Waals surface area contributed by atoms with Crippen molar-refractivity contribution in [2.45, 2.75) is 18.9 Å². The van der Waals surface area contributed by atoms with E-state index in [0.717, 1.165) is 18.7 Å². The monoisotopic (exact) mass is 260 g/mol. The molecule has 0 radical (unpaired) electrons. The fraction of sp³-hybridized carbons (Fsp3) is 0.455. The normalized spacial score (nSPS) is 25.1. The third kappa shape index (κ3) is 2.21. The number of benzene rings is 1. The van der Waals surface area contributed by atoms with E-state index < -0.39 is 5.60 Å². The maximum Gasteiger partial charge on any atom is 0.0810 e. The summed E-state index contributed by atoms with van der Waals surface area (Å²) in [4.78, 5) is 2.03. The van der Waals surface area contributed by atoms with Gasteiger partial charge < -0.3 is 15.7 Å². The number of hydrogen-bond donors (Lipinski definition) is 2. The highest BCUT2D eigenvalue weighted by molar-refractivity contribution is 6.42. The van der Waals surface area contributed by atoms with Crippen molar-refractivity contribution in [3.05, 3.63) is 22.2 Å². The van der Waals surface area contributed by atoms with Crippen LogP contribution >= 0.6 is 23.2 Å². The molecule has 1 fully saturated rings. The molecular formula is C11H14Cl2N2O. The van der Waals surface area contributed by atoms with Crippen LogP contribution < -0.4 is 10.6 Å². The fourth-order valence-corrected chi connectivity index (χ4v) is 2.31. The summed E-state index contributed by atoms with van der Waals surface area (Å²) in [6, 6.07) is 3.40. The van der Waals surface area contributed by atoms with Gasteiger partial charge in [-0.15, -0.1) is 0 Å². The van der Waals surface area contributed by atoms with E-state index in [1.165, 1.54) is 0 Å². The number of hydrogen-bond acceptors (Lipinski definition) is 3. The van der Waals surface area contributed by atoms with Gasteiger partial charge in [-0.2, -0.15) is 0 Å². The number of nitrogens with zero attached hydrogens (tertiary/aromatic N) is 1. The van der Waals surface area contributed by atoms with Crippen LogP contribution in [-0.2, 0) is 0 Å². The molecule has 5 heteroatoms. The highest BCUT2D eigenvalue weighted by atomic mass is 35.5. The molecule has 1 aliphatic rings. The van der Waals surface area contributed by atoms with Crippen LogP contribution in [0.2, 0.25) is 10.0 Å². The van der Waals surface area contributed by atoms with Gasteiger partial charge >= 0.3 is 0 Å². The lowest BCUT2D eigenvalue weighted by atomic mass is 10.1. The summed E-state index contributed by atoms with van der Waals surface area (Å²) in [5, 5.41) is 10.8. The minimum absolute atomic E-state index is 0.453. The van der Waals surface area contributed by atoms with E-state index in [4.69, 9.17) is 28.9 Å². The van der Waals surface area contributed by atoms with Gasteiger partial charge in [0.05, 0.1) is 27.0 Å². The summed E-state index contributed by atoms with van der Waals surface area (Å²) in [6.45, 7) is 3.16. The highest BCUT2D eigenvalue weighted by Gasteiger charge is 2.32. The molecule has 1 aliphatic heterocycles. The number of nitrogens with two attached hydrogens (primary N) is 1. The number of rotatable bonds is 1. The first kappa shape index (κ1) is 11.8. The Balaban J connectivity index is 2.32. The van der Waals surface area contributed by atoms with Crippen molar-refractivity contribution in [3.63, 3.8) is 0 Å². The number of anilines is 2. The summed E-state index contributed by atoms with van der Waals surface area (Å²) < 4.78 is 0. The molecule has 1 aromatic carbocycles. The molecule has 0 saturated carbocycles. The van der Waals surface area contributed by atoms with Crippen LogP contribution in [0.5, 0.6) is 0 Å². The predicted molar refractivity (Wildman–Crippen MR) is 68.3 cm³/mol. The molecule has 88 valence electrons. The maximum absolute atomic E-state index is 9.90. The van der Waals surface area contributed by atoms with Gasteiger partial charge in [-0.3, -0.25) is 0 Å². The van der Waals surface area contributed by atoms with Crippen LogP contribution in [0.1, 0.15) is 13.3 Å². The first-order valence-electron chi connectivity index (χ1n) is 5.11. The molecule has 2 rings (SSSR count). The van der Waals surface area contributed by atoms with Gasteiger partial charge in [0, 0.05) is 13.1 Å². The van der Waals surface area contributed by atoms with Crippen LogP contribution in [0.15, 0.2) is 12.1 Å². The van der Waals surface area contributed by atoms with Gasteiger partial charge in [0.25, 0.3) is 0 Å². The van der Waals surface area contributed by atoms with Crippen molar-refractivity contribution in [1.82, 2.24) is 0 Å². The summed E-state index contributed by atoms with van der Waals surface area (Å²) >= 11 is 11.8. The molecule has 0 aliphatic carbocycles. The molecular weight excluding hydrogens is 247 g/mol. The number of nitrogen functional groups attached to an aromatic ring is 1. The van der Waals surface area contributed by atoms with Gasteiger partial charge in [0.15, 0.2) is 0 Å². The van der Waals surface area contributed by atoms with E-state index in [9.17, 15) is 5.11 Å². The Hall–Kier alpha value is -0.640. The Morgan fingerprint density at radius 1 is 1.38 bits per heavy atom. The maximum atomic E-state index is 9.90. The Morgan fingerprint density at radius 3 is 2.56 bits per heavy atom. The quantitative estimate of drug-likeness (QED) is 0.764. The standard InChI is InChI=1S/C11H14Cl2N2O/c1-11(16)2-3-15(6-11)10-5-8(13)7(12)4-9(10)14/h4-5,16H,2-3,6,14H2,1H3. The molecule has 0 amide bonds. The van der Waals surface area contributed by atoms with E-state index in [0.29, 0.717) is 22.3 Å². The van der Waals surface area contributed by atoms with Crippen molar-refractivity contribution in [1.29, 1.82) is 0 Å². The molecule has 1 aromatic rings. The third-order valence-electron chi connectivity index (χ3n) is 2.86. The van der Waals surface area contributed by atoms with Gasteiger partial charge in [0.1, 0.15) is 0 Å². The summed E-state index contributed by atoms with van der Waals surface area (Å²) in [7, 11) is 0. The Bertz CT molecular complexity index is 421. The van der Waals surface area contributed by atoms with Gasteiger partial charge in [0.2, 0.25) is 0 Å². The molecule has 1 saturated heterocycles. The molecule has 1 unspecified atom stereocenters. The van der Waals surface area contributed by atoms with Gasteiger partial charge in [-0.05, 0) is 25.5 Å². The average molecular weight is 261 g/mol. The molecule has 1 heterocycles. The first-order chi connectivity index (χ1) is 7.39. The zero-order valence-electron chi connectivity index (χ0n) is 9.00. The Labute approximate surface area is 105 Å². The first-order valence-corrected chi connectivity index (χ1v) is 5.86. The van der Waals surface area contributed by atoms with Crippen LogP contribution in [0.25, 0.3) is 0 Å². The third-order valence-corrected chi connectivity index (χ3v) is 3.58. The summed E-state index contributed by atoms with van der Waals surface area (Å²) in [5.74, 6) is 0. The summed E-state index contributed by atoms with van der Waals surface area (Å²) in [5.41, 5.74) is 6.67. The Morgan fingerprint density at radius 2 is 2.00 bits per heavy atom. The zero-order valence-corrected chi connectivity index (χ0v) is 10.5. The van der Waals surface area contributed by atoms with E-state index in [2.05, 4.69) is 0 Å². The smallest absolute Gasteiger partial charge is 0.0810 e. The number of aliphatic hydroxyl groups is 1. The molecule has 0 spiro atoms. The Kier molecular flexibility index (Phi) is 2.95. The number of β-amino-alcohol motifs (C(OH)–C–C–N with tert-alkyl or cyclic N) is 1. The van der Waals surface area contributed by atoms with Crippen molar-refractivity contribution >= 4 is 34.6 Å². The SMILES string of the molecule is CC1(O)CCN(c2cc(Cl)c(Cl)cc2N)C1. The fourth-order valence-electron chi connectivity index (χ4n) is 1.98. The molecule has 0 bridgehead atoms. The second-order valence-corrected chi connectivity index (χ2v) is 5.31. The van der Waals surface area contributed by atoms with E-state index in [1.54, 1.807) is 12.1 Å². The van der Waals surface area contributed by atoms with Crippen LogP contribution in [0, 0.1) is 0 Å². The largest absolute Gasteiger partial charge is 0.397 e. The van der Waals surface area contributed by atoms with E-state index >= 15 is 0 Å². The van der Waals surface area contributed by atoms with Crippen LogP contribution in [0.4, 0.5) is 11.4 Å². The van der Waals surface area contributed by atoms with Crippen LogP contribution in [0.3, 0.4) is 0 Å². The van der Waals surface area contributed by atoms with Gasteiger partial charge in [-0.25, -0.2) is 0 Å². The van der Waals surface area contributed by atoms with Crippen molar-refractivity contribution < 1.29 is 5.11 Å². The van der Waals surface area contributed by atoms with Gasteiger partial charge in [-0.1, -0.05) is 23.2 Å². The minimum atomic E-state index is -0.654. The predicted octanol–water partition coefficient (Wildman–Crippen LogP) is 2.54. The van der Waals surface area contributed by atoms with Crippen LogP contribution in [-0.4, -0.2) is 23.8 Å². The topological polar surface area (TPSA) is 49.5 Å². The lowest BCUT2D eigenvalue weighted by molar-refractivity contribution is 0.0839. The molecule has 16 heavy (non-hydrogen) atoms. The van der Waals surface area contributed by atoms with E-state index in [-0.39, 0.29) is 0 Å². The van der Waals surface area contributed by atoms with Crippen molar-refractivity contribution in [2.24, 2.45) is 0 Å².